The Hall–Kier alpha value is -1.07. The molecule has 1 heterocycles. The van der Waals surface area contributed by atoms with Gasteiger partial charge in [0.25, 0.3) is 0 Å². The first-order chi connectivity index (χ1) is 9.69. The molecule has 2 atom stereocenters. The number of para-hydroxylation sites is 1. The summed E-state index contributed by atoms with van der Waals surface area (Å²) in [6.07, 6.45) is 0.569. The van der Waals surface area contributed by atoms with Gasteiger partial charge in [0.15, 0.2) is 0 Å². The number of ether oxygens (including phenoxy) is 2. The fourth-order valence-electron chi connectivity index (χ4n) is 2.27. The third-order valence-corrected chi connectivity index (χ3v) is 3.90. The lowest BCUT2D eigenvalue weighted by molar-refractivity contribution is -0.143. The molecule has 0 bridgehead atoms. The van der Waals surface area contributed by atoms with Crippen molar-refractivity contribution < 1.29 is 14.3 Å². The second-order valence-corrected chi connectivity index (χ2v) is 5.58. The molecule has 1 fully saturated rings. The number of rotatable bonds is 5. The van der Waals surface area contributed by atoms with Gasteiger partial charge in [-0.2, -0.15) is 0 Å². The molecule has 1 aliphatic rings. The number of benzene rings is 1. The van der Waals surface area contributed by atoms with Gasteiger partial charge in [0, 0.05) is 18.4 Å². The number of hydrogen-bond donors (Lipinski definition) is 0. The Morgan fingerprint density at radius 3 is 2.85 bits per heavy atom. The van der Waals surface area contributed by atoms with E-state index in [9.17, 15) is 4.79 Å². The Balaban J connectivity index is 1.76. The van der Waals surface area contributed by atoms with Gasteiger partial charge in [-0.25, -0.2) is 0 Å². The lowest BCUT2D eigenvalue weighted by Crippen LogP contribution is -2.50. The first-order valence-corrected chi connectivity index (χ1v) is 7.98. The van der Waals surface area contributed by atoms with Gasteiger partial charge in [-0.1, -0.05) is 34.1 Å². The van der Waals surface area contributed by atoms with Crippen molar-refractivity contribution >= 4 is 21.8 Å². The number of morpholine rings is 1. The second-order valence-electron chi connectivity index (χ2n) is 4.93. The van der Waals surface area contributed by atoms with Crippen molar-refractivity contribution in [3.8, 4) is 5.75 Å². The van der Waals surface area contributed by atoms with Crippen LogP contribution in [0.5, 0.6) is 5.75 Å². The molecule has 1 saturated heterocycles. The molecule has 1 aromatic carbocycles. The summed E-state index contributed by atoms with van der Waals surface area (Å²) in [5.41, 5.74) is 0. The van der Waals surface area contributed by atoms with Crippen LogP contribution < -0.4 is 4.74 Å². The lowest BCUT2D eigenvalue weighted by Gasteiger charge is -2.36. The van der Waals surface area contributed by atoms with E-state index in [1.165, 1.54) is 0 Å². The van der Waals surface area contributed by atoms with Gasteiger partial charge in [0.2, 0.25) is 5.91 Å². The lowest BCUT2D eigenvalue weighted by atomic mass is 10.2. The van der Waals surface area contributed by atoms with Crippen LogP contribution in [0.3, 0.4) is 0 Å². The topological polar surface area (TPSA) is 38.8 Å². The third kappa shape index (κ3) is 4.49. The highest BCUT2D eigenvalue weighted by molar-refractivity contribution is 9.09. The first-order valence-electron chi connectivity index (χ1n) is 6.86. The van der Waals surface area contributed by atoms with Crippen LogP contribution in [-0.2, 0) is 9.53 Å². The SMILES string of the molecule is CC1CN(C(=O)CCOc2ccccc2)CC(CBr)O1. The van der Waals surface area contributed by atoms with Gasteiger partial charge in [0.05, 0.1) is 25.2 Å². The van der Waals surface area contributed by atoms with Gasteiger partial charge in [-0.3, -0.25) is 4.79 Å². The fourth-order valence-corrected chi connectivity index (χ4v) is 2.62. The normalized spacial score (nSPS) is 22.6. The zero-order valence-electron chi connectivity index (χ0n) is 11.6. The highest BCUT2D eigenvalue weighted by atomic mass is 79.9. The van der Waals surface area contributed by atoms with Crippen LogP contribution in [0.15, 0.2) is 30.3 Å². The van der Waals surface area contributed by atoms with E-state index in [1.807, 2.05) is 42.2 Å². The Labute approximate surface area is 128 Å². The molecule has 0 radical (unpaired) electrons. The smallest absolute Gasteiger partial charge is 0.226 e. The summed E-state index contributed by atoms with van der Waals surface area (Å²) in [7, 11) is 0. The number of alkyl halides is 1. The average molecular weight is 342 g/mol. The molecule has 20 heavy (non-hydrogen) atoms. The van der Waals surface area contributed by atoms with Crippen LogP contribution in [0, 0.1) is 0 Å². The molecule has 1 aliphatic heterocycles. The Morgan fingerprint density at radius 1 is 1.40 bits per heavy atom. The second kappa shape index (κ2) is 7.64. The number of carbonyl (C=O) groups is 1. The molecule has 0 saturated carbocycles. The van der Waals surface area contributed by atoms with Crippen LogP contribution in [-0.4, -0.2) is 48.0 Å². The van der Waals surface area contributed by atoms with E-state index >= 15 is 0 Å². The van der Waals surface area contributed by atoms with Crippen LogP contribution in [0.25, 0.3) is 0 Å². The molecule has 0 spiro atoms. The van der Waals surface area contributed by atoms with Gasteiger partial charge in [-0.05, 0) is 19.1 Å². The van der Waals surface area contributed by atoms with E-state index < -0.39 is 0 Å². The highest BCUT2D eigenvalue weighted by Crippen LogP contribution is 2.14. The van der Waals surface area contributed by atoms with Crippen LogP contribution in [0.2, 0.25) is 0 Å². The summed E-state index contributed by atoms with van der Waals surface area (Å²) in [5.74, 6) is 0.927. The van der Waals surface area contributed by atoms with Crippen molar-refractivity contribution in [3.05, 3.63) is 30.3 Å². The zero-order valence-corrected chi connectivity index (χ0v) is 13.2. The summed E-state index contributed by atoms with van der Waals surface area (Å²) in [6, 6.07) is 9.56. The van der Waals surface area contributed by atoms with E-state index in [0.717, 1.165) is 11.1 Å². The molecule has 0 N–H and O–H groups in total. The summed E-state index contributed by atoms with van der Waals surface area (Å²) in [5, 5.41) is 0.752. The molecule has 1 aromatic rings. The van der Waals surface area contributed by atoms with Crippen molar-refractivity contribution in [2.45, 2.75) is 25.6 Å². The first kappa shape index (κ1) is 15.3. The molecular weight excluding hydrogens is 322 g/mol. The summed E-state index contributed by atoms with van der Waals surface area (Å²) >= 11 is 3.41. The molecule has 1 amide bonds. The zero-order chi connectivity index (χ0) is 14.4. The summed E-state index contributed by atoms with van der Waals surface area (Å²) in [4.78, 5) is 14.0. The van der Waals surface area contributed by atoms with E-state index in [1.54, 1.807) is 0 Å². The third-order valence-electron chi connectivity index (χ3n) is 3.18. The molecule has 4 nitrogen and oxygen atoms in total. The maximum Gasteiger partial charge on any atom is 0.226 e. The molecule has 0 aromatic heterocycles. The molecule has 2 unspecified atom stereocenters. The highest BCUT2D eigenvalue weighted by Gasteiger charge is 2.27. The van der Waals surface area contributed by atoms with E-state index in [2.05, 4.69) is 15.9 Å². The monoisotopic (exact) mass is 341 g/mol. The van der Waals surface area contributed by atoms with Crippen molar-refractivity contribution in [2.24, 2.45) is 0 Å². The van der Waals surface area contributed by atoms with Gasteiger partial charge < -0.3 is 14.4 Å². The number of hydrogen-bond acceptors (Lipinski definition) is 3. The van der Waals surface area contributed by atoms with Crippen LogP contribution in [0.4, 0.5) is 0 Å². The van der Waals surface area contributed by atoms with E-state index in [0.29, 0.717) is 26.1 Å². The van der Waals surface area contributed by atoms with Crippen molar-refractivity contribution in [2.75, 3.05) is 25.0 Å². The quantitative estimate of drug-likeness (QED) is 0.772. The van der Waals surface area contributed by atoms with E-state index in [-0.39, 0.29) is 18.1 Å². The molecule has 2 rings (SSSR count). The van der Waals surface area contributed by atoms with Crippen LogP contribution >= 0.6 is 15.9 Å². The van der Waals surface area contributed by atoms with Gasteiger partial charge in [0.1, 0.15) is 5.75 Å². The number of nitrogens with zero attached hydrogens (tertiary/aromatic N) is 1. The summed E-state index contributed by atoms with van der Waals surface area (Å²) in [6.45, 7) is 3.72. The van der Waals surface area contributed by atoms with Crippen LogP contribution in [0.1, 0.15) is 13.3 Å². The number of amides is 1. The standard InChI is InChI=1S/C15H20BrNO3/c1-12-10-17(11-14(9-16)20-12)15(18)7-8-19-13-5-3-2-4-6-13/h2-6,12,14H,7-11H2,1H3. The van der Waals surface area contributed by atoms with Gasteiger partial charge >= 0.3 is 0 Å². The molecule has 5 heteroatoms. The molecular formula is C15H20BrNO3. The van der Waals surface area contributed by atoms with E-state index in [4.69, 9.17) is 9.47 Å². The Morgan fingerprint density at radius 2 is 2.15 bits per heavy atom. The van der Waals surface area contributed by atoms with Crippen molar-refractivity contribution in [3.63, 3.8) is 0 Å². The molecule has 0 aliphatic carbocycles. The Bertz CT molecular complexity index is 426. The maximum atomic E-state index is 12.2. The predicted molar refractivity (Wildman–Crippen MR) is 81.3 cm³/mol. The fraction of sp³-hybridized carbons (Fsp3) is 0.533. The van der Waals surface area contributed by atoms with Crippen molar-refractivity contribution in [1.82, 2.24) is 4.90 Å². The number of halogens is 1. The molecule has 110 valence electrons. The summed E-state index contributed by atoms with van der Waals surface area (Å²) < 4.78 is 11.3. The van der Waals surface area contributed by atoms with Crippen molar-refractivity contribution in [1.29, 1.82) is 0 Å². The maximum absolute atomic E-state index is 12.2. The largest absolute Gasteiger partial charge is 0.493 e. The van der Waals surface area contributed by atoms with Gasteiger partial charge in [-0.15, -0.1) is 0 Å². The minimum atomic E-state index is 0.0812. The predicted octanol–water partition coefficient (Wildman–Crippen LogP) is 2.47. The number of carbonyl (C=O) groups excluding carboxylic acids is 1. The average Bonchev–Trinajstić information content (AvgIpc) is 2.47. The Kier molecular flexibility index (Phi) is 5.86. The minimum Gasteiger partial charge on any atom is -0.493 e. The minimum absolute atomic E-state index is 0.0812.